The smallest absolute Gasteiger partial charge is 0.407 e. The molecule has 8 nitrogen and oxygen atoms in total. The summed E-state index contributed by atoms with van der Waals surface area (Å²) in [5.74, 6) is 0.0152. The van der Waals surface area contributed by atoms with Crippen LogP contribution in [0.4, 0.5) is 4.79 Å². The fourth-order valence-corrected chi connectivity index (χ4v) is 3.94. The van der Waals surface area contributed by atoms with Gasteiger partial charge in [0.1, 0.15) is 6.10 Å². The lowest BCUT2D eigenvalue weighted by molar-refractivity contribution is -0.148. The number of aromatic nitrogens is 1. The Hall–Kier alpha value is -2.71. The fourth-order valence-electron chi connectivity index (χ4n) is 3.94. The highest BCUT2D eigenvalue weighted by Crippen LogP contribution is 2.35. The van der Waals surface area contributed by atoms with Crippen molar-refractivity contribution in [1.29, 1.82) is 0 Å². The second-order valence-electron chi connectivity index (χ2n) is 7.78. The minimum atomic E-state index is -0.484. The van der Waals surface area contributed by atoms with E-state index in [-0.39, 0.29) is 18.0 Å². The highest BCUT2D eigenvalue weighted by molar-refractivity contribution is 5.84. The van der Waals surface area contributed by atoms with Crippen LogP contribution in [0.1, 0.15) is 37.1 Å². The summed E-state index contributed by atoms with van der Waals surface area (Å²) in [6.07, 6.45) is 1.06. The third-order valence-corrected chi connectivity index (χ3v) is 5.67. The number of ether oxygens (including phenoxy) is 2. The molecule has 1 aromatic heterocycles. The van der Waals surface area contributed by atoms with Crippen molar-refractivity contribution in [3.63, 3.8) is 0 Å². The predicted molar refractivity (Wildman–Crippen MR) is 112 cm³/mol. The Labute approximate surface area is 175 Å². The normalized spacial score (nSPS) is 19.9. The number of carbonyl (C=O) groups is 2. The molecule has 1 saturated heterocycles. The molecule has 2 amide bonds. The number of para-hydroxylation sites is 1. The van der Waals surface area contributed by atoms with Crippen molar-refractivity contribution in [2.45, 2.75) is 44.5 Å². The van der Waals surface area contributed by atoms with E-state index < -0.39 is 12.2 Å². The number of carbonyl (C=O) groups excluding carboxylic acids is 2. The average molecular weight is 412 g/mol. The molecule has 160 valence electrons. The number of morpholine rings is 1. The maximum Gasteiger partial charge on any atom is 0.407 e. The lowest BCUT2D eigenvalue weighted by Gasteiger charge is -2.34. The zero-order valence-corrected chi connectivity index (χ0v) is 17.4. The molecule has 30 heavy (non-hydrogen) atoms. The number of hydrogen-bond donors (Lipinski definition) is 2. The molecule has 2 heterocycles. The first-order valence-electron chi connectivity index (χ1n) is 10.4. The number of benzene rings is 1. The van der Waals surface area contributed by atoms with Gasteiger partial charge in [0, 0.05) is 31.1 Å². The van der Waals surface area contributed by atoms with Crippen molar-refractivity contribution >= 4 is 22.9 Å². The molecule has 2 atom stereocenters. The third kappa shape index (κ3) is 4.39. The molecule has 0 unspecified atom stereocenters. The van der Waals surface area contributed by atoms with Gasteiger partial charge in [-0.25, -0.2) is 4.79 Å². The number of nitrogens with one attached hydrogen (secondary N) is 2. The van der Waals surface area contributed by atoms with Crippen LogP contribution in [0, 0.1) is 0 Å². The van der Waals surface area contributed by atoms with Crippen molar-refractivity contribution in [3.8, 4) is 0 Å². The predicted octanol–water partition coefficient (Wildman–Crippen LogP) is 2.13. The van der Waals surface area contributed by atoms with E-state index in [1.54, 1.807) is 0 Å². The van der Waals surface area contributed by atoms with E-state index in [9.17, 15) is 9.59 Å². The molecular formula is C22H28N4O4. The van der Waals surface area contributed by atoms with Crippen molar-refractivity contribution in [3.05, 3.63) is 41.6 Å². The minimum Gasteiger partial charge on any atom is -0.453 e. The molecule has 1 aliphatic carbocycles. The van der Waals surface area contributed by atoms with Gasteiger partial charge in [-0.15, -0.1) is 0 Å². The van der Waals surface area contributed by atoms with E-state index in [0.717, 1.165) is 41.5 Å². The summed E-state index contributed by atoms with van der Waals surface area (Å²) in [7, 11) is 1.34. The number of pyridine rings is 1. The van der Waals surface area contributed by atoms with Crippen LogP contribution >= 0.6 is 0 Å². The Bertz CT molecular complexity index is 924. The second-order valence-corrected chi connectivity index (χ2v) is 7.78. The van der Waals surface area contributed by atoms with Gasteiger partial charge in [-0.2, -0.15) is 0 Å². The van der Waals surface area contributed by atoms with Crippen LogP contribution in [0.5, 0.6) is 0 Å². The van der Waals surface area contributed by atoms with Crippen molar-refractivity contribution in [2.24, 2.45) is 0 Å². The topological polar surface area (TPSA) is 92.8 Å². The average Bonchev–Trinajstić information content (AvgIpc) is 3.62. The maximum atomic E-state index is 13.3. The molecule has 2 fully saturated rings. The quantitative estimate of drug-likeness (QED) is 0.755. The van der Waals surface area contributed by atoms with Gasteiger partial charge in [0.05, 0.1) is 31.0 Å². The van der Waals surface area contributed by atoms with Crippen LogP contribution in [0.25, 0.3) is 10.9 Å². The zero-order valence-electron chi connectivity index (χ0n) is 17.4. The van der Waals surface area contributed by atoms with Crippen LogP contribution in [-0.4, -0.2) is 60.8 Å². The monoisotopic (exact) mass is 412 g/mol. The van der Waals surface area contributed by atoms with Gasteiger partial charge in [0.2, 0.25) is 0 Å². The summed E-state index contributed by atoms with van der Waals surface area (Å²) >= 11 is 0. The second kappa shape index (κ2) is 8.97. The van der Waals surface area contributed by atoms with Crippen LogP contribution in [-0.2, 0) is 20.8 Å². The first-order chi connectivity index (χ1) is 14.6. The van der Waals surface area contributed by atoms with Crippen molar-refractivity contribution in [2.75, 3.05) is 26.8 Å². The third-order valence-electron chi connectivity index (χ3n) is 5.67. The van der Waals surface area contributed by atoms with Gasteiger partial charge in [-0.1, -0.05) is 18.2 Å². The van der Waals surface area contributed by atoms with Crippen molar-refractivity contribution < 1.29 is 19.1 Å². The number of hydrogen-bond acceptors (Lipinski definition) is 6. The molecule has 0 radical (unpaired) electrons. The highest BCUT2D eigenvalue weighted by atomic mass is 16.5. The van der Waals surface area contributed by atoms with E-state index in [0.29, 0.717) is 19.7 Å². The van der Waals surface area contributed by atoms with Gasteiger partial charge in [-0.05, 0) is 37.5 Å². The minimum absolute atomic E-state index is 0.0152. The summed E-state index contributed by atoms with van der Waals surface area (Å²) in [6.45, 7) is 4.18. The summed E-state index contributed by atoms with van der Waals surface area (Å²) in [4.78, 5) is 31.6. The van der Waals surface area contributed by atoms with E-state index in [2.05, 4.69) is 10.6 Å². The van der Waals surface area contributed by atoms with Gasteiger partial charge in [0.25, 0.3) is 5.91 Å². The molecule has 1 aromatic carbocycles. The number of alkyl carbamates (subject to hydrolysis) is 1. The Morgan fingerprint density at radius 1 is 1.37 bits per heavy atom. The first kappa shape index (κ1) is 20.6. The van der Waals surface area contributed by atoms with Gasteiger partial charge >= 0.3 is 6.09 Å². The Morgan fingerprint density at radius 3 is 2.87 bits per heavy atom. The van der Waals surface area contributed by atoms with Gasteiger partial charge < -0.3 is 25.0 Å². The van der Waals surface area contributed by atoms with E-state index in [4.69, 9.17) is 14.5 Å². The molecule has 2 N–H and O–H groups in total. The standard InChI is InChI=1S/C22H28N4O4/c1-14(26(16-7-8-16)21(27)20-13-23-9-10-30-20)19-11-15(12-24-22(28)29-2)17-5-3-4-6-18(17)25-19/h3-6,11,14,16,20,23H,7-10,12-13H2,1-2H3,(H,24,28)/t14-,20-/m1/s1. The zero-order chi connectivity index (χ0) is 21.1. The molecule has 0 bridgehead atoms. The summed E-state index contributed by atoms with van der Waals surface area (Å²) in [5.41, 5.74) is 2.58. The van der Waals surface area contributed by atoms with Crippen molar-refractivity contribution in [1.82, 2.24) is 20.5 Å². The lowest BCUT2D eigenvalue weighted by Crippen LogP contribution is -2.50. The Balaban J connectivity index is 1.64. The van der Waals surface area contributed by atoms with Gasteiger partial charge in [-0.3, -0.25) is 9.78 Å². The number of fused-ring (bicyclic) bond motifs is 1. The molecule has 1 saturated carbocycles. The van der Waals surface area contributed by atoms with E-state index in [1.165, 1.54) is 7.11 Å². The Kier molecular flexibility index (Phi) is 6.15. The van der Waals surface area contributed by atoms with Crippen LogP contribution in [0.15, 0.2) is 30.3 Å². The summed E-state index contributed by atoms with van der Waals surface area (Å²) in [5, 5.41) is 6.95. The number of amides is 2. The van der Waals surface area contributed by atoms with E-state index in [1.807, 2.05) is 42.2 Å². The summed E-state index contributed by atoms with van der Waals surface area (Å²) in [6, 6.07) is 9.82. The number of nitrogens with zero attached hydrogens (tertiary/aromatic N) is 2. The largest absolute Gasteiger partial charge is 0.453 e. The molecule has 2 aliphatic rings. The molecule has 2 aromatic rings. The fraction of sp³-hybridized carbons (Fsp3) is 0.500. The lowest BCUT2D eigenvalue weighted by atomic mass is 10.0. The molecule has 8 heteroatoms. The maximum absolute atomic E-state index is 13.3. The SMILES string of the molecule is COC(=O)NCc1cc([C@@H](C)N(C(=O)[C@H]2CNCCO2)C2CC2)nc2ccccc12. The first-order valence-corrected chi connectivity index (χ1v) is 10.4. The van der Waals surface area contributed by atoms with Crippen LogP contribution in [0.3, 0.4) is 0 Å². The number of rotatable bonds is 6. The van der Waals surface area contributed by atoms with Crippen LogP contribution in [0.2, 0.25) is 0 Å². The molecular weight excluding hydrogens is 384 g/mol. The number of methoxy groups -OCH3 is 1. The molecule has 1 aliphatic heterocycles. The highest BCUT2D eigenvalue weighted by Gasteiger charge is 2.40. The Morgan fingerprint density at radius 2 is 2.17 bits per heavy atom. The van der Waals surface area contributed by atoms with Crippen LogP contribution < -0.4 is 10.6 Å². The van der Waals surface area contributed by atoms with E-state index >= 15 is 0 Å². The summed E-state index contributed by atoms with van der Waals surface area (Å²) < 4.78 is 10.4. The molecule has 0 spiro atoms. The van der Waals surface area contributed by atoms with Gasteiger partial charge in [0.15, 0.2) is 0 Å². The molecule has 4 rings (SSSR count).